The van der Waals surface area contributed by atoms with Gasteiger partial charge in [-0.3, -0.25) is 14.3 Å². The Labute approximate surface area is 169 Å². The zero-order valence-corrected chi connectivity index (χ0v) is 17.9. The summed E-state index contributed by atoms with van der Waals surface area (Å²) in [7, 11) is 0. The molecule has 2 fully saturated rings. The second-order valence-corrected chi connectivity index (χ2v) is 9.32. The highest BCUT2D eigenvalue weighted by Gasteiger charge is 2.31. The second kappa shape index (κ2) is 8.00. The number of pyridine rings is 1. The minimum absolute atomic E-state index is 0.0712. The number of likely N-dealkylation sites (tertiary alicyclic amines) is 1. The van der Waals surface area contributed by atoms with Gasteiger partial charge in [-0.2, -0.15) is 0 Å². The largest absolute Gasteiger partial charge is 0.294 e. The molecule has 0 aromatic carbocycles. The van der Waals surface area contributed by atoms with Crippen molar-refractivity contribution in [2.24, 2.45) is 11.8 Å². The molecule has 0 bridgehead atoms. The molecule has 3 heterocycles. The standard InChI is InChI=1S/C21H29BrN4O/c1-3-5-18(25-9-4-6-14(2)12-25)20-24-19-17(10-16(22)11-23-19)21(27)26(20)13-15-7-8-15/h10-11,14-15,18H,3-9,12-13H2,1-2H3/t14-,18+/m1/s1. The van der Waals surface area contributed by atoms with Crippen molar-refractivity contribution in [1.82, 2.24) is 19.4 Å². The molecule has 27 heavy (non-hydrogen) atoms. The summed E-state index contributed by atoms with van der Waals surface area (Å²) in [5.41, 5.74) is 0.651. The predicted molar refractivity (Wildman–Crippen MR) is 112 cm³/mol. The molecule has 0 amide bonds. The summed E-state index contributed by atoms with van der Waals surface area (Å²) < 4.78 is 2.81. The van der Waals surface area contributed by atoms with Crippen LogP contribution in [0.3, 0.4) is 0 Å². The van der Waals surface area contributed by atoms with E-state index >= 15 is 0 Å². The Hall–Kier alpha value is -1.27. The molecule has 1 saturated heterocycles. The maximum atomic E-state index is 13.4. The van der Waals surface area contributed by atoms with E-state index in [-0.39, 0.29) is 11.6 Å². The molecule has 5 nitrogen and oxygen atoms in total. The van der Waals surface area contributed by atoms with Crippen LogP contribution in [0, 0.1) is 11.8 Å². The molecule has 0 spiro atoms. The van der Waals surface area contributed by atoms with E-state index in [0.29, 0.717) is 22.9 Å². The second-order valence-electron chi connectivity index (χ2n) is 8.40. The first-order valence-corrected chi connectivity index (χ1v) is 11.2. The minimum atomic E-state index is 0.0712. The van der Waals surface area contributed by atoms with E-state index in [2.05, 4.69) is 39.7 Å². The van der Waals surface area contributed by atoms with Gasteiger partial charge in [-0.25, -0.2) is 9.97 Å². The first-order chi connectivity index (χ1) is 13.1. The fraction of sp³-hybridized carbons (Fsp3) is 0.667. The lowest BCUT2D eigenvalue weighted by Crippen LogP contribution is -2.40. The van der Waals surface area contributed by atoms with Gasteiger partial charge in [-0.15, -0.1) is 0 Å². The number of nitrogens with zero attached hydrogens (tertiary/aromatic N) is 4. The van der Waals surface area contributed by atoms with Crippen molar-refractivity contribution in [2.45, 2.75) is 65.0 Å². The van der Waals surface area contributed by atoms with Crippen LogP contribution in [0.1, 0.15) is 64.2 Å². The van der Waals surface area contributed by atoms with Gasteiger partial charge in [0.1, 0.15) is 5.82 Å². The van der Waals surface area contributed by atoms with Gasteiger partial charge in [0.05, 0.1) is 11.4 Å². The van der Waals surface area contributed by atoms with Crippen molar-refractivity contribution in [1.29, 1.82) is 0 Å². The minimum Gasteiger partial charge on any atom is -0.294 e. The average Bonchev–Trinajstić information content (AvgIpc) is 3.47. The fourth-order valence-electron chi connectivity index (χ4n) is 4.34. The SMILES string of the molecule is CCC[C@@H](c1nc2ncc(Br)cc2c(=O)n1CC1CC1)N1CCC[C@@H](C)C1. The lowest BCUT2D eigenvalue weighted by molar-refractivity contribution is 0.114. The maximum absolute atomic E-state index is 13.4. The molecule has 2 aromatic heterocycles. The quantitative estimate of drug-likeness (QED) is 0.672. The van der Waals surface area contributed by atoms with Gasteiger partial charge in [0, 0.05) is 23.8 Å². The first-order valence-electron chi connectivity index (χ1n) is 10.4. The van der Waals surface area contributed by atoms with Crippen LogP contribution in [0.2, 0.25) is 0 Å². The van der Waals surface area contributed by atoms with Gasteiger partial charge < -0.3 is 0 Å². The number of hydrogen-bond acceptors (Lipinski definition) is 4. The molecule has 0 N–H and O–H groups in total. The summed E-state index contributed by atoms with van der Waals surface area (Å²) in [6.45, 7) is 7.54. The Morgan fingerprint density at radius 2 is 2.15 bits per heavy atom. The van der Waals surface area contributed by atoms with E-state index in [1.807, 2.05) is 10.6 Å². The molecular formula is C21H29BrN4O. The lowest BCUT2D eigenvalue weighted by atomic mass is 9.97. The number of rotatable bonds is 6. The van der Waals surface area contributed by atoms with Gasteiger partial charge in [0.15, 0.2) is 5.65 Å². The van der Waals surface area contributed by atoms with Crippen LogP contribution >= 0.6 is 15.9 Å². The van der Waals surface area contributed by atoms with Crippen LogP contribution in [0.5, 0.6) is 0 Å². The Kier molecular flexibility index (Phi) is 5.65. The number of halogens is 1. The number of hydrogen-bond donors (Lipinski definition) is 0. The number of piperidine rings is 1. The van der Waals surface area contributed by atoms with Crippen LogP contribution in [-0.4, -0.2) is 32.5 Å². The smallest absolute Gasteiger partial charge is 0.263 e. The van der Waals surface area contributed by atoms with Crippen LogP contribution < -0.4 is 5.56 Å². The third kappa shape index (κ3) is 4.11. The molecule has 2 aromatic rings. The van der Waals surface area contributed by atoms with Crippen molar-refractivity contribution in [3.63, 3.8) is 0 Å². The van der Waals surface area contributed by atoms with Crippen molar-refractivity contribution < 1.29 is 0 Å². The van der Waals surface area contributed by atoms with E-state index in [4.69, 9.17) is 4.98 Å². The van der Waals surface area contributed by atoms with Crippen LogP contribution in [-0.2, 0) is 6.54 Å². The summed E-state index contributed by atoms with van der Waals surface area (Å²) in [5.74, 6) is 2.27. The van der Waals surface area contributed by atoms with Crippen molar-refractivity contribution >= 4 is 27.0 Å². The van der Waals surface area contributed by atoms with Crippen molar-refractivity contribution in [3.8, 4) is 0 Å². The molecule has 2 aliphatic rings. The monoisotopic (exact) mass is 432 g/mol. The summed E-state index contributed by atoms with van der Waals surface area (Å²) in [4.78, 5) is 25.3. The predicted octanol–water partition coefficient (Wildman–Crippen LogP) is 4.54. The lowest BCUT2D eigenvalue weighted by Gasteiger charge is -2.37. The summed E-state index contributed by atoms with van der Waals surface area (Å²) >= 11 is 3.45. The highest BCUT2D eigenvalue weighted by atomic mass is 79.9. The Morgan fingerprint density at radius 3 is 2.85 bits per heavy atom. The fourth-order valence-corrected chi connectivity index (χ4v) is 4.67. The molecule has 0 radical (unpaired) electrons. The van der Waals surface area contributed by atoms with Gasteiger partial charge in [0.25, 0.3) is 5.56 Å². The summed E-state index contributed by atoms with van der Waals surface area (Å²) in [5, 5.41) is 0.621. The summed E-state index contributed by atoms with van der Waals surface area (Å²) in [6, 6.07) is 2.07. The molecule has 1 aliphatic carbocycles. The number of aromatic nitrogens is 3. The third-order valence-corrected chi connectivity index (χ3v) is 6.37. The Bertz CT molecular complexity index is 876. The maximum Gasteiger partial charge on any atom is 0.263 e. The zero-order valence-electron chi connectivity index (χ0n) is 16.3. The van der Waals surface area contributed by atoms with Crippen LogP contribution in [0.4, 0.5) is 0 Å². The molecule has 4 rings (SSSR count). The molecule has 1 saturated carbocycles. The van der Waals surface area contributed by atoms with E-state index in [9.17, 15) is 4.79 Å². The van der Waals surface area contributed by atoms with Gasteiger partial charge in [-0.1, -0.05) is 20.3 Å². The molecule has 1 aliphatic heterocycles. The molecule has 2 atom stereocenters. The van der Waals surface area contributed by atoms with Gasteiger partial charge in [-0.05, 0) is 72.5 Å². The van der Waals surface area contributed by atoms with Crippen molar-refractivity contribution in [2.75, 3.05) is 13.1 Å². The van der Waals surface area contributed by atoms with Crippen LogP contribution in [0.15, 0.2) is 21.5 Å². The number of fused-ring (bicyclic) bond motifs is 1. The highest BCUT2D eigenvalue weighted by molar-refractivity contribution is 9.10. The topological polar surface area (TPSA) is 51.0 Å². The van der Waals surface area contributed by atoms with E-state index in [1.54, 1.807) is 6.20 Å². The van der Waals surface area contributed by atoms with E-state index < -0.39 is 0 Å². The molecule has 0 unspecified atom stereocenters. The van der Waals surface area contributed by atoms with Crippen molar-refractivity contribution in [3.05, 3.63) is 32.9 Å². The first kappa shape index (κ1) is 19.1. The third-order valence-electron chi connectivity index (χ3n) is 5.93. The van der Waals surface area contributed by atoms with Gasteiger partial charge >= 0.3 is 0 Å². The normalized spacial score (nSPS) is 22.3. The highest BCUT2D eigenvalue weighted by Crippen LogP contribution is 2.34. The van der Waals surface area contributed by atoms with Crippen LogP contribution in [0.25, 0.3) is 11.0 Å². The molecule has 6 heteroatoms. The molecular weight excluding hydrogens is 404 g/mol. The van der Waals surface area contributed by atoms with E-state index in [0.717, 1.165) is 42.8 Å². The molecule has 146 valence electrons. The Morgan fingerprint density at radius 1 is 1.33 bits per heavy atom. The average molecular weight is 433 g/mol. The zero-order chi connectivity index (χ0) is 19.0. The Balaban J connectivity index is 1.83. The van der Waals surface area contributed by atoms with E-state index in [1.165, 1.54) is 25.7 Å². The van der Waals surface area contributed by atoms with Gasteiger partial charge in [0.2, 0.25) is 0 Å². The summed E-state index contributed by atoms with van der Waals surface area (Å²) in [6.07, 6.45) is 8.83.